The van der Waals surface area contributed by atoms with Crippen molar-refractivity contribution in [3.8, 4) is 6.01 Å². The van der Waals surface area contributed by atoms with Gasteiger partial charge >= 0.3 is 16.2 Å². The number of ether oxygens (including phenoxy) is 1. The second-order valence-electron chi connectivity index (χ2n) is 9.48. The number of halogens is 2. The minimum Gasteiger partial charge on any atom is -0.457 e. The lowest BCUT2D eigenvalue weighted by Crippen LogP contribution is -2.52. The van der Waals surface area contributed by atoms with Crippen molar-refractivity contribution in [3.05, 3.63) is 35.4 Å². The van der Waals surface area contributed by atoms with Gasteiger partial charge in [0, 0.05) is 36.5 Å². The van der Waals surface area contributed by atoms with Crippen LogP contribution >= 0.6 is 11.8 Å². The van der Waals surface area contributed by atoms with Crippen molar-refractivity contribution >= 4 is 27.9 Å². The number of rotatable bonds is 12. The van der Waals surface area contributed by atoms with Gasteiger partial charge in [0.25, 0.3) is 0 Å². The minimum absolute atomic E-state index is 0.0571. The maximum Gasteiger partial charge on any atom is 0.322 e. The first-order valence-corrected chi connectivity index (χ1v) is 14.5. The van der Waals surface area contributed by atoms with Gasteiger partial charge in [-0.15, -0.1) is 0 Å². The van der Waals surface area contributed by atoms with Crippen molar-refractivity contribution in [3.63, 3.8) is 0 Å². The van der Waals surface area contributed by atoms with Gasteiger partial charge in [0.15, 0.2) is 5.16 Å². The summed E-state index contributed by atoms with van der Waals surface area (Å²) in [7, 11) is -4.05. The average molecular weight is 577 g/mol. The Balaban J connectivity index is 1.95. The number of benzene rings is 1. The first kappa shape index (κ1) is 30.4. The molecule has 1 fully saturated rings. The number of hydrogen-bond donors (Lipinski definition) is 4. The molecule has 1 aromatic carbocycles. The Morgan fingerprint density at radius 3 is 2.53 bits per heavy atom. The summed E-state index contributed by atoms with van der Waals surface area (Å²) in [6.45, 7) is 7.56. The first-order valence-electron chi connectivity index (χ1n) is 12.2. The Hall–Kier alpha value is -2.17. The third-order valence-electron chi connectivity index (χ3n) is 5.75. The smallest absolute Gasteiger partial charge is 0.322 e. The van der Waals surface area contributed by atoms with E-state index in [0.717, 1.165) is 23.9 Å². The molecule has 4 atom stereocenters. The van der Waals surface area contributed by atoms with Crippen molar-refractivity contribution in [2.45, 2.75) is 62.8 Å². The maximum atomic E-state index is 14.4. The Morgan fingerprint density at radius 1 is 1.24 bits per heavy atom. The lowest BCUT2D eigenvalue weighted by Gasteiger charge is -2.30. The molecule has 0 aliphatic carbocycles. The van der Waals surface area contributed by atoms with Crippen molar-refractivity contribution in [1.29, 1.82) is 0 Å². The van der Waals surface area contributed by atoms with Crippen molar-refractivity contribution in [1.82, 2.24) is 24.6 Å². The first-order chi connectivity index (χ1) is 17.9. The molecule has 0 bridgehead atoms. The summed E-state index contributed by atoms with van der Waals surface area (Å²) in [5.74, 6) is -1.76. The minimum atomic E-state index is -4.05. The molecule has 1 aliphatic rings. The van der Waals surface area contributed by atoms with Gasteiger partial charge in [0.05, 0.1) is 6.61 Å². The van der Waals surface area contributed by atoms with E-state index in [1.807, 2.05) is 20.8 Å². The normalized spacial score (nSPS) is 19.2. The predicted octanol–water partition coefficient (Wildman–Crippen LogP) is 2.10. The van der Waals surface area contributed by atoms with Crippen molar-refractivity contribution in [2.24, 2.45) is 5.92 Å². The van der Waals surface area contributed by atoms with Crippen LogP contribution in [0.15, 0.2) is 23.4 Å². The number of aromatic nitrogens is 3. The van der Waals surface area contributed by atoms with Crippen LogP contribution in [-0.2, 0) is 10.2 Å². The number of nitrogens with zero attached hydrogens (tertiary/aromatic N) is 4. The number of piperazine rings is 1. The molecule has 2 heterocycles. The molecule has 15 heteroatoms. The molecule has 2 aromatic rings. The van der Waals surface area contributed by atoms with E-state index in [1.54, 1.807) is 6.92 Å². The Morgan fingerprint density at radius 2 is 1.92 bits per heavy atom. The number of aliphatic hydroxyl groups excluding tert-OH is 2. The van der Waals surface area contributed by atoms with Crippen LogP contribution in [0.1, 0.15) is 44.9 Å². The fraction of sp³-hybridized carbons (Fsp3) is 0.609. The van der Waals surface area contributed by atoms with Gasteiger partial charge in [0.1, 0.15) is 23.8 Å². The molecular weight excluding hydrogens is 542 g/mol. The molecule has 3 rings (SSSR count). The molecule has 38 heavy (non-hydrogen) atoms. The van der Waals surface area contributed by atoms with E-state index in [4.69, 9.17) is 4.74 Å². The van der Waals surface area contributed by atoms with E-state index in [9.17, 15) is 27.4 Å². The Kier molecular flexibility index (Phi) is 10.6. The Labute approximate surface area is 225 Å². The lowest BCUT2D eigenvalue weighted by atomic mass is 10.0. The van der Waals surface area contributed by atoms with Crippen LogP contribution in [0, 0.1) is 17.6 Å². The summed E-state index contributed by atoms with van der Waals surface area (Å²) in [4.78, 5) is 12.4. The summed E-state index contributed by atoms with van der Waals surface area (Å²) in [5.41, 5.74) is -0.189. The van der Waals surface area contributed by atoms with Gasteiger partial charge in [-0.05, 0) is 38.3 Å². The zero-order chi connectivity index (χ0) is 28.0. The Bertz CT molecular complexity index is 1170. The SMILES string of the molecule is CC(C)C[C@@H](Oc1nc(NS(=O)(=O)N2CCN[C@@H](C)C2)nc(SC(C)c2c(F)cccc2F)n1)[C@@H](O)CO. The number of aliphatic hydroxyl groups is 2. The summed E-state index contributed by atoms with van der Waals surface area (Å²) in [6, 6.07) is 3.16. The molecule has 0 saturated carbocycles. The summed E-state index contributed by atoms with van der Waals surface area (Å²) in [6.07, 6.45) is -1.81. The van der Waals surface area contributed by atoms with Gasteiger partial charge in [-0.25, -0.2) is 13.5 Å². The molecule has 0 spiro atoms. The molecule has 1 unspecified atom stereocenters. The van der Waals surface area contributed by atoms with Crippen LogP contribution < -0.4 is 14.8 Å². The highest BCUT2D eigenvalue weighted by molar-refractivity contribution is 7.99. The van der Waals surface area contributed by atoms with Crippen LogP contribution in [0.5, 0.6) is 6.01 Å². The van der Waals surface area contributed by atoms with E-state index in [1.165, 1.54) is 10.4 Å². The van der Waals surface area contributed by atoms with E-state index in [0.29, 0.717) is 13.0 Å². The average Bonchev–Trinajstić information content (AvgIpc) is 2.82. The number of thioether (sulfide) groups is 1. The molecule has 11 nitrogen and oxygen atoms in total. The summed E-state index contributed by atoms with van der Waals surface area (Å²) in [5, 5.41) is 22.0. The molecule has 1 saturated heterocycles. The van der Waals surface area contributed by atoms with E-state index < -0.39 is 45.9 Å². The van der Waals surface area contributed by atoms with Crippen LogP contribution in [-0.4, -0.2) is 82.4 Å². The van der Waals surface area contributed by atoms with Crippen LogP contribution in [0.2, 0.25) is 0 Å². The van der Waals surface area contributed by atoms with Gasteiger partial charge in [-0.2, -0.15) is 27.7 Å². The largest absolute Gasteiger partial charge is 0.457 e. The van der Waals surface area contributed by atoms with Gasteiger partial charge in [-0.1, -0.05) is 31.7 Å². The summed E-state index contributed by atoms with van der Waals surface area (Å²) < 4.78 is 64.2. The third-order valence-corrected chi connectivity index (χ3v) is 8.19. The molecule has 0 amide bonds. The lowest BCUT2D eigenvalue weighted by molar-refractivity contribution is -0.0138. The van der Waals surface area contributed by atoms with Crippen molar-refractivity contribution in [2.75, 3.05) is 31.0 Å². The molecular formula is C23H34F2N6O5S2. The summed E-state index contributed by atoms with van der Waals surface area (Å²) >= 11 is 0.878. The van der Waals surface area contributed by atoms with Gasteiger partial charge in [-0.3, -0.25) is 0 Å². The highest BCUT2D eigenvalue weighted by atomic mass is 32.2. The molecule has 1 aromatic heterocycles. The van der Waals surface area contributed by atoms with Gasteiger partial charge < -0.3 is 20.3 Å². The highest BCUT2D eigenvalue weighted by Crippen LogP contribution is 2.36. The highest BCUT2D eigenvalue weighted by Gasteiger charge is 2.29. The van der Waals surface area contributed by atoms with Gasteiger partial charge in [0.2, 0.25) is 5.95 Å². The van der Waals surface area contributed by atoms with Crippen LogP contribution in [0.25, 0.3) is 0 Å². The second kappa shape index (κ2) is 13.3. The molecule has 4 N–H and O–H groups in total. The standard InChI is InChI=1S/C23H34F2N6O5S2/c1-13(2)10-19(18(33)12-32)36-22-27-21(30-38(34,35)31-9-8-26-14(3)11-31)28-23(29-22)37-15(4)20-16(24)6-5-7-17(20)25/h5-7,13-15,18-19,26,32-33H,8-12H2,1-4H3,(H,27,28,29,30)/t14-,15?,18-,19+/m0/s1. The predicted molar refractivity (Wildman–Crippen MR) is 139 cm³/mol. The quantitative estimate of drug-likeness (QED) is 0.277. The fourth-order valence-electron chi connectivity index (χ4n) is 3.90. The van der Waals surface area contributed by atoms with Crippen molar-refractivity contribution < 1.29 is 32.1 Å². The van der Waals surface area contributed by atoms with E-state index in [2.05, 4.69) is 25.0 Å². The topological polar surface area (TPSA) is 150 Å². The molecule has 1 aliphatic heterocycles. The molecule has 212 valence electrons. The number of nitrogens with one attached hydrogen (secondary N) is 2. The fourth-order valence-corrected chi connectivity index (χ4v) is 6.03. The monoisotopic (exact) mass is 576 g/mol. The maximum absolute atomic E-state index is 14.4. The zero-order valence-electron chi connectivity index (χ0n) is 21.6. The zero-order valence-corrected chi connectivity index (χ0v) is 23.3. The molecule has 0 radical (unpaired) electrons. The number of anilines is 1. The van der Waals surface area contributed by atoms with E-state index in [-0.39, 0.29) is 47.7 Å². The van der Waals surface area contributed by atoms with Crippen LogP contribution in [0.4, 0.5) is 14.7 Å². The third kappa shape index (κ3) is 8.16. The number of hydrogen-bond acceptors (Lipinski definition) is 10. The second-order valence-corrected chi connectivity index (χ2v) is 12.5. The van der Waals surface area contributed by atoms with E-state index >= 15 is 0 Å². The van der Waals surface area contributed by atoms with Crippen LogP contribution in [0.3, 0.4) is 0 Å².